The second-order valence-electron chi connectivity index (χ2n) is 5.05. The van der Waals surface area contributed by atoms with Crippen molar-refractivity contribution in [2.45, 2.75) is 31.9 Å². The molecule has 1 amide bonds. The third-order valence-corrected chi connectivity index (χ3v) is 4.15. The number of carbonyl (C=O) groups is 2. The Hall–Kier alpha value is -1.46. The number of carboxylic acid groups (broad SMARTS) is 1. The monoisotopic (exact) mass is 331 g/mol. The lowest BCUT2D eigenvalue weighted by molar-refractivity contribution is -0.146. The Bertz CT molecular complexity index is 558. The SMILES string of the molecule is CC(Oc1ccc(Cl)c(Cl)c1)C(=O)NC1CC(C(=O)O)C1. The molecule has 2 rings (SSSR count). The number of amides is 1. The first-order valence-electron chi connectivity index (χ1n) is 6.51. The highest BCUT2D eigenvalue weighted by molar-refractivity contribution is 6.42. The van der Waals surface area contributed by atoms with Crippen molar-refractivity contribution in [3.05, 3.63) is 28.2 Å². The molecule has 0 spiro atoms. The number of rotatable bonds is 5. The van der Waals surface area contributed by atoms with E-state index in [1.165, 1.54) is 6.07 Å². The number of hydrogen-bond acceptors (Lipinski definition) is 3. The quantitative estimate of drug-likeness (QED) is 0.869. The minimum Gasteiger partial charge on any atom is -0.481 e. The normalized spacial score (nSPS) is 22.0. The molecule has 0 saturated heterocycles. The summed E-state index contributed by atoms with van der Waals surface area (Å²) < 4.78 is 5.48. The van der Waals surface area contributed by atoms with Gasteiger partial charge in [0, 0.05) is 12.1 Å². The topological polar surface area (TPSA) is 75.6 Å². The molecule has 7 heteroatoms. The molecule has 21 heavy (non-hydrogen) atoms. The minimum absolute atomic E-state index is 0.0987. The average molecular weight is 332 g/mol. The van der Waals surface area contributed by atoms with Gasteiger partial charge in [0.1, 0.15) is 5.75 Å². The predicted molar refractivity (Wildman–Crippen MR) is 78.8 cm³/mol. The Kier molecular flexibility index (Phi) is 4.96. The van der Waals surface area contributed by atoms with Crippen molar-refractivity contribution >= 4 is 35.1 Å². The highest BCUT2D eigenvalue weighted by Gasteiger charge is 2.36. The van der Waals surface area contributed by atoms with Gasteiger partial charge in [0.15, 0.2) is 6.10 Å². The van der Waals surface area contributed by atoms with Gasteiger partial charge in [-0.2, -0.15) is 0 Å². The molecule has 1 aromatic carbocycles. The zero-order valence-electron chi connectivity index (χ0n) is 11.3. The lowest BCUT2D eigenvalue weighted by atomic mass is 9.80. The molecule has 0 bridgehead atoms. The van der Waals surface area contributed by atoms with E-state index < -0.39 is 12.1 Å². The summed E-state index contributed by atoms with van der Waals surface area (Å²) in [7, 11) is 0. The number of carbonyl (C=O) groups excluding carboxylic acids is 1. The summed E-state index contributed by atoms with van der Waals surface area (Å²) >= 11 is 11.7. The molecule has 1 aliphatic rings. The number of benzene rings is 1. The first-order valence-corrected chi connectivity index (χ1v) is 7.27. The molecule has 1 atom stereocenters. The van der Waals surface area contributed by atoms with Crippen LogP contribution in [0.25, 0.3) is 0 Å². The van der Waals surface area contributed by atoms with Gasteiger partial charge in [0.2, 0.25) is 0 Å². The molecule has 0 aliphatic heterocycles. The van der Waals surface area contributed by atoms with Gasteiger partial charge in [-0.15, -0.1) is 0 Å². The number of hydrogen-bond donors (Lipinski definition) is 2. The Morgan fingerprint density at radius 1 is 1.33 bits per heavy atom. The van der Waals surface area contributed by atoms with Crippen molar-refractivity contribution in [2.24, 2.45) is 5.92 Å². The molecule has 0 heterocycles. The maximum Gasteiger partial charge on any atom is 0.306 e. The zero-order chi connectivity index (χ0) is 15.6. The van der Waals surface area contributed by atoms with Crippen LogP contribution in [0.15, 0.2) is 18.2 Å². The van der Waals surface area contributed by atoms with Crippen LogP contribution in [0.5, 0.6) is 5.75 Å². The van der Waals surface area contributed by atoms with Crippen molar-refractivity contribution < 1.29 is 19.4 Å². The van der Waals surface area contributed by atoms with E-state index in [0.29, 0.717) is 28.6 Å². The van der Waals surface area contributed by atoms with Crippen LogP contribution < -0.4 is 10.1 Å². The summed E-state index contributed by atoms with van der Waals surface area (Å²) in [5.74, 6) is -1.01. The van der Waals surface area contributed by atoms with Crippen molar-refractivity contribution in [1.82, 2.24) is 5.32 Å². The van der Waals surface area contributed by atoms with Crippen LogP contribution >= 0.6 is 23.2 Å². The summed E-state index contributed by atoms with van der Waals surface area (Å²) in [6.45, 7) is 1.62. The number of halogens is 2. The van der Waals surface area contributed by atoms with E-state index >= 15 is 0 Å². The summed E-state index contributed by atoms with van der Waals surface area (Å²) in [5.41, 5.74) is 0. The van der Waals surface area contributed by atoms with E-state index in [2.05, 4.69) is 5.32 Å². The van der Waals surface area contributed by atoms with Crippen LogP contribution in [-0.2, 0) is 9.59 Å². The van der Waals surface area contributed by atoms with E-state index in [4.69, 9.17) is 33.0 Å². The third-order valence-electron chi connectivity index (χ3n) is 3.41. The largest absolute Gasteiger partial charge is 0.481 e. The molecule has 1 aliphatic carbocycles. The van der Waals surface area contributed by atoms with E-state index in [9.17, 15) is 9.59 Å². The summed E-state index contributed by atoms with van der Waals surface area (Å²) in [6, 6.07) is 4.66. The molecule has 5 nitrogen and oxygen atoms in total. The Labute approximate surface area is 132 Å². The fraction of sp³-hybridized carbons (Fsp3) is 0.429. The maximum atomic E-state index is 11.9. The first kappa shape index (κ1) is 15.9. The first-order chi connectivity index (χ1) is 9.86. The van der Waals surface area contributed by atoms with Gasteiger partial charge >= 0.3 is 5.97 Å². The van der Waals surface area contributed by atoms with E-state index in [-0.39, 0.29) is 17.9 Å². The highest BCUT2D eigenvalue weighted by Crippen LogP contribution is 2.28. The van der Waals surface area contributed by atoms with Crippen LogP contribution in [0, 0.1) is 5.92 Å². The summed E-state index contributed by atoms with van der Waals surface area (Å²) in [5, 5.41) is 12.3. The van der Waals surface area contributed by atoms with Crippen LogP contribution in [0.3, 0.4) is 0 Å². The van der Waals surface area contributed by atoms with E-state index in [1.54, 1.807) is 19.1 Å². The predicted octanol–water partition coefficient (Wildman–Crippen LogP) is 2.74. The standard InChI is InChI=1S/C14H15Cl2NO4/c1-7(21-10-2-3-11(15)12(16)6-10)13(18)17-9-4-8(5-9)14(19)20/h2-3,6-9H,4-5H2,1H3,(H,17,18)(H,19,20). The molecule has 1 unspecified atom stereocenters. The minimum atomic E-state index is -0.819. The number of ether oxygens (including phenoxy) is 1. The van der Waals surface area contributed by atoms with Crippen molar-refractivity contribution in [2.75, 3.05) is 0 Å². The van der Waals surface area contributed by atoms with Gasteiger partial charge in [-0.25, -0.2) is 0 Å². The smallest absolute Gasteiger partial charge is 0.306 e. The molecule has 2 N–H and O–H groups in total. The fourth-order valence-electron chi connectivity index (χ4n) is 2.06. The second-order valence-corrected chi connectivity index (χ2v) is 5.86. The van der Waals surface area contributed by atoms with Crippen molar-refractivity contribution in [1.29, 1.82) is 0 Å². The second kappa shape index (κ2) is 6.54. The lowest BCUT2D eigenvalue weighted by Gasteiger charge is -2.33. The molecular weight excluding hydrogens is 317 g/mol. The summed E-state index contributed by atoms with van der Waals surface area (Å²) in [4.78, 5) is 22.6. The number of aliphatic carboxylic acids is 1. The van der Waals surface area contributed by atoms with Crippen LogP contribution in [0.1, 0.15) is 19.8 Å². The van der Waals surface area contributed by atoms with Gasteiger partial charge in [-0.05, 0) is 31.9 Å². The molecule has 1 saturated carbocycles. The Morgan fingerprint density at radius 3 is 2.57 bits per heavy atom. The van der Waals surface area contributed by atoms with Crippen molar-refractivity contribution in [3.63, 3.8) is 0 Å². The van der Waals surface area contributed by atoms with Crippen molar-refractivity contribution in [3.8, 4) is 5.75 Å². The zero-order valence-corrected chi connectivity index (χ0v) is 12.8. The molecule has 0 aromatic heterocycles. The molecule has 1 fully saturated rings. The van der Waals surface area contributed by atoms with Crippen LogP contribution in [-0.4, -0.2) is 29.1 Å². The van der Waals surface area contributed by atoms with Gasteiger partial charge < -0.3 is 15.2 Å². The number of carboxylic acids is 1. The average Bonchev–Trinajstić information content (AvgIpc) is 2.36. The van der Waals surface area contributed by atoms with Crippen LogP contribution in [0.2, 0.25) is 10.0 Å². The van der Waals surface area contributed by atoms with Gasteiger partial charge in [0.05, 0.1) is 16.0 Å². The Balaban J connectivity index is 1.83. The van der Waals surface area contributed by atoms with Crippen LogP contribution in [0.4, 0.5) is 0 Å². The number of nitrogens with one attached hydrogen (secondary N) is 1. The van der Waals surface area contributed by atoms with Gasteiger partial charge in [-0.1, -0.05) is 23.2 Å². The molecular formula is C14H15Cl2NO4. The molecule has 114 valence electrons. The Morgan fingerprint density at radius 2 is 2.00 bits per heavy atom. The fourth-order valence-corrected chi connectivity index (χ4v) is 2.35. The lowest BCUT2D eigenvalue weighted by Crippen LogP contribution is -2.50. The van der Waals surface area contributed by atoms with E-state index in [1.807, 2.05) is 0 Å². The van der Waals surface area contributed by atoms with Gasteiger partial charge in [0.25, 0.3) is 5.91 Å². The van der Waals surface area contributed by atoms with Gasteiger partial charge in [-0.3, -0.25) is 9.59 Å². The molecule has 1 aromatic rings. The third kappa shape index (κ3) is 4.02. The highest BCUT2D eigenvalue weighted by atomic mass is 35.5. The maximum absolute atomic E-state index is 11.9. The summed E-state index contributed by atoms with van der Waals surface area (Å²) in [6.07, 6.45) is 0.215. The van der Waals surface area contributed by atoms with E-state index in [0.717, 1.165) is 0 Å². The molecule has 0 radical (unpaired) electrons.